The Balaban J connectivity index is 1.38. The zero-order valence-corrected chi connectivity index (χ0v) is 27.9. The summed E-state index contributed by atoms with van der Waals surface area (Å²) in [4.78, 5) is 38.7. The highest BCUT2D eigenvalue weighted by Crippen LogP contribution is 2.60. The topological polar surface area (TPSA) is 129 Å². The van der Waals surface area contributed by atoms with E-state index in [0.29, 0.717) is 21.8 Å². The van der Waals surface area contributed by atoms with E-state index in [2.05, 4.69) is 14.5 Å². The quantitative estimate of drug-likeness (QED) is 0.179. The van der Waals surface area contributed by atoms with Gasteiger partial charge < -0.3 is 10.5 Å². The molecule has 0 unspecified atom stereocenters. The predicted molar refractivity (Wildman–Crippen MR) is 174 cm³/mol. The first-order valence-electron chi connectivity index (χ1n) is 15.2. The molecule has 2 N–H and O–H groups in total. The maximum atomic E-state index is 14.8. The van der Waals surface area contributed by atoms with Crippen LogP contribution in [0.4, 0.5) is 13.2 Å². The number of hydrogen-bond donors (Lipinski definition) is 1. The van der Waals surface area contributed by atoms with Gasteiger partial charge in [0.2, 0.25) is 0 Å². The summed E-state index contributed by atoms with van der Waals surface area (Å²) in [6.07, 6.45) is -0.876. The Hall–Kier alpha value is -4.30. The number of esters is 1. The number of hydrogen-bond acceptors (Lipinski definition) is 9. The molecule has 4 aromatic rings. The molecule has 2 aromatic heterocycles. The second kappa shape index (κ2) is 12.3. The van der Waals surface area contributed by atoms with E-state index in [1.54, 1.807) is 24.4 Å². The number of benzene rings is 2. The molecule has 10 nitrogen and oxygen atoms in total. The lowest BCUT2D eigenvalue weighted by molar-refractivity contribution is -0.195. The summed E-state index contributed by atoms with van der Waals surface area (Å²) in [5, 5.41) is 4.46. The normalized spacial score (nSPS) is 19.7. The van der Waals surface area contributed by atoms with Gasteiger partial charge in [0.05, 0.1) is 33.5 Å². The molecular weight excluding hydrogens is 667 g/mol. The first-order chi connectivity index (χ1) is 22.6. The molecule has 1 amide bonds. The van der Waals surface area contributed by atoms with Crippen LogP contribution in [-0.2, 0) is 19.9 Å². The van der Waals surface area contributed by atoms with Crippen molar-refractivity contribution in [3.8, 4) is 16.1 Å². The van der Waals surface area contributed by atoms with Crippen molar-refractivity contribution in [3.63, 3.8) is 0 Å². The van der Waals surface area contributed by atoms with Crippen LogP contribution in [0.5, 0.6) is 0 Å². The predicted octanol–water partition coefficient (Wildman–Crippen LogP) is 6.85. The molecule has 3 heterocycles. The fourth-order valence-electron chi connectivity index (χ4n) is 6.12. The number of carbonyl (C=O) groups excluding carboxylic acids is 2. The highest BCUT2D eigenvalue weighted by molar-refractivity contribution is 7.09. The maximum Gasteiger partial charge on any atom is 0.395 e. The van der Waals surface area contributed by atoms with Gasteiger partial charge in [0.1, 0.15) is 19.3 Å². The van der Waals surface area contributed by atoms with E-state index in [0.717, 1.165) is 10.4 Å². The number of carbonyl (C=O) groups is 2. The minimum Gasteiger partial charge on any atom is -0.463 e. The third-order valence-electron chi connectivity index (χ3n) is 8.67. The molecule has 0 saturated heterocycles. The second-order valence-corrected chi connectivity index (χ2v) is 14.6. The Morgan fingerprint density at radius 3 is 2.44 bits per heavy atom. The number of aliphatic imine (C=N–C) groups is 1. The van der Waals surface area contributed by atoms with Crippen LogP contribution in [0.15, 0.2) is 72.4 Å². The van der Waals surface area contributed by atoms with Crippen molar-refractivity contribution in [1.82, 2.24) is 24.0 Å². The van der Waals surface area contributed by atoms with Gasteiger partial charge in [-0.25, -0.2) is 19.0 Å². The summed E-state index contributed by atoms with van der Waals surface area (Å²) in [7, 11) is 0. The Labute approximate surface area is 283 Å². The second-order valence-electron chi connectivity index (χ2n) is 13.4. The summed E-state index contributed by atoms with van der Waals surface area (Å²) in [5.74, 6) is -1.61. The van der Waals surface area contributed by atoms with Gasteiger partial charge in [-0.3, -0.25) is 14.5 Å². The molecule has 0 spiro atoms. The van der Waals surface area contributed by atoms with Gasteiger partial charge in [-0.1, -0.05) is 62.7 Å². The lowest BCUT2D eigenvalue weighted by Gasteiger charge is -2.35. The zero-order valence-electron chi connectivity index (χ0n) is 26.4. The third kappa shape index (κ3) is 6.42. The van der Waals surface area contributed by atoms with Gasteiger partial charge in [0, 0.05) is 6.20 Å². The molecular formula is C33H33ClF3N7O3S. The smallest absolute Gasteiger partial charge is 0.395 e. The van der Waals surface area contributed by atoms with Crippen molar-refractivity contribution in [2.24, 2.45) is 21.6 Å². The molecule has 1 aliphatic heterocycles. The molecule has 2 aromatic carbocycles. The number of nitrogens with zero attached hydrogens (tertiary/aromatic N) is 6. The number of amides is 1. The molecule has 2 atom stereocenters. The van der Waals surface area contributed by atoms with E-state index in [4.69, 9.17) is 27.1 Å². The molecule has 0 bridgehead atoms. The molecule has 1 saturated carbocycles. The van der Waals surface area contributed by atoms with Crippen LogP contribution in [-0.4, -0.2) is 54.7 Å². The van der Waals surface area contributed by atoms with Crippen molar-refractivity contribution in [3.05, 3.63) is 83.5 Å². The monoisotopic (exact) mass is 699 g/mol. The SMILES string of the molecule is CC(C)(C)C[C@]1(c2ccc(-c3ccns3)cc2)N=C(N)N([C@H](COC(=O)CC2(C(F)(F)F)CC2)c2ccc(Cl)c(-n3cncn3)c2)C1=O. The number of rotatable bonds is 10. The van der Waals surface area contributed by atoms with Gasteiger partial charge in [-0.05, 0) is 71.1 Å². The number of halogens is 4. The number of ether oxygens (including phenoxy) is 1. The summed E-state index contributed by atoms with van der Waals surface area (Å²) in [6.45, 7) is 5.47. The van der Waals surface area contributed by atoms with Crippen LogP contribution in [0, 0.1) is 10.8 Å². The van der Waals surface area contributed by atoms with Crippen LogP contribution in [0.2, 0.25) is 5.02 Å². The van der Waals surface area contributed by atoms with Gasteiger partial charge in [-0.2, -0.15) is 18.3 Å². The largest absolute Gasteiger partial charge is 0.463 e. The van der Waals surface area contributed by atoms with E-state index in [1.807, 2.05) is 51.1 Å². The fraction of sp³-hybridized carbons (Fsp3) is 0.394. The maximum absolute atomic E-state index is 14.8. The highest BCUT2D eigenvalue weighted by atomic mass is 35.5. The first-order valence-corrected chi connectivity index (χ1v) is 16.4. The Kier molecular flexibility index (Phi) is 8.61. The minimum absolute atomic E-state index is 0.122. The van der Waals surface area contributed by atoms with Crippen LogP contribution < -0.4 is 5.73 Å². The van der Waals surface area contributed by atoms with E-state index in [1.165, 1.54) is 33.8 Å². The number of aromatic nitrogens is 4. The van der Waals surface area contributed by atoms with Crippen LogP contribution in [0.25, 0.3) is 16.1 Å². The molecule has 2 aliphatic rings. The summed E-state index contributed by atoms with van der Waals surface area (Å²) in [6, 6.07) is 13.2. The van der Waals surface area contributed by atoms with Gasteiger partial charge >= 0.3 is 12.1 Å². The first kappa shape index (κ1) is 33.6. The van der Waals surface area contributed by atoms with Gasteiger partial charge in [0.25, 0.3) is 5.91 Å². The third-order valence-corrected chi connectivity index (χ3v) is 9.78. The average Bonchev–Trinajstić information content (AvgIpc) is 3.36. The van der Waals surface area contributed by atoms with Gasteiger partial charge in [-0.15, -0.1) is 0 Å². The van der Waals surface area contributed by atoms with Crippen molar-refractivity contribution in [2.45, 2.75) is 64.2 Å². The molecule has 48 heavy (non-hydrogen) atoms. The summed E-state index contributed by atoms with van der Waals surface area (Å²) >= 11 is 7.84. The minimum atomic E-state index is -4.53. The molecule has 1 fully saturated rings. The van der Waals surface area contributed by atoms with E-state index in [9.17, 15) is 22.8 Å². The van der Waals surface area contributed by atoms with Crippen LogP contribution in [0.1, 0.15) is 63.6 Å². The van der Waals surface area contributed by atoms with Crippen molar-refractivity contribution in [2.75, 3.05) is 6.61 Å². The molecule has 1 aliphatic carbocycles. The molecule has 0 radical (unpaired) electrons. The van der Waals surface area contributed by atoms with E-state index >= 15 is 0 Å². The zero-order chi connectivity index (χ0) is 34.5. The number of guanidine groups is 1. The lowest BCUT2D eigenvalue weighted by Crippen LogP contribution is -2.47. The molecule has 15 heteroatoms. The Morgan fingerprint density at radius 1 is 1.12 bits per heavy atom. The summed E-state index contributed by atoms with van der Waals surface area (Å²) in [5.41, 5.74) is 5.05. The van der Waals surface area contributed by atoms with Crippen LogP contribution in [0.3, 0.4) is 0 Å². The van der Waals surface area contributed by atoms with Crippen LogP contribution >= 0.6 is 23.1 Å². The standard InChI is InChI=1S/C33H33ClF3N7O3S/c1-30(2,3)17-32(22-7-4-20(5-8-22)26-10-13-41-48-26)28(46)44(29(38)42-32)25(16-47-27(45)15-31(11-12-31)33(35,36)37)21-6-9-23(34)24(14-21)43-19-39-18-40-43/h4-10,13-14,18-19,25H,11-12,15-17H2,1-3H3,(H2,38,42)/t25-,32-/m1/s1. The number of alkyl halides is 3. The van der Waals surface area contributed by atoms with E-state index in [-0.39, 0.29) is 25.2 Å². The van der Waals surface area contributed by atoms with Crippen molar-refractivity contribution in [1.29, 1.82) is 0 Å². The van der Waals surface area contributed by atoms with Crippen molar-refractivity contribution < 1.29 is 27.5 Å². The highest BCUT2D eigenvalue weighted by Gasteiger charge is 2.64. The van der Waals surface area contributed by atoms with Crippen molar-refractivity contribution >= 4 is 41.0 Å². The summed E-state index contributed by atoms with van der Waals surface area (Å²) < 4.78 is 52.1. The average molecular weight is 700 g/mol. The number of nitrogens with two attached hydrogens (primary N) is 1. The molecule has 252 valence electrons. The lowest BCUT2D eigenvalue weighted by atomic mass is 9.75. The molecule has 6 rings (SSSR count). The Morgan fingerprint density at radius 2 is 1.85 bits per heavy atom. The van der Waals surface area contributed by atoms with Gasteiger partial charge in [0.15, 0.2) is 11.5 Å². The van der Waals surface area contributed by atoms with E-state index < -0.39 is 53.5 Å². The Bertz CT molecular complexity index is 1840. The fourth-order valence-corrected chi connectivity index (χ4v) is 6.93.